The number of unbranched alkanes of at least 4 members (excludes halogenated alkanes) is 1. The molecule has 0 saturated carbocycles. The van der Waals surface area contributed by atoms with Gasteiger partial charge in [0.1, 0.15) is 0 Å². The highest BCUT2D eigenvalue weighted by atomic mass is 14.4. The van der Waals surface area contributed by atoms with Crippen LogP contribution in [0.15, 0.2) is 0 Å². The van der Waals surface area contributed by atoms with Gasteiger partial charge in [-0.2, -0.15) is 0 Å². The standard InChI is InChI=1S/C13H27B/c1-6-10-11-12(5,7-2)13(14,8-3)9-4/h6-11H2,1-5H3. The van der Waals surface area contributed by atoms with Gasteiger partial charge in [-0.05, 0) is 11.8 Å². The fourth-order valence-corrected chi connectivity index (χ4v) is 2.45. The number of hydrogen-bond acceptors (Lipinski definition) is 0. The first kappa shape index (κ1) is 14.1. The Morgan fingerprint density at radius 2 is 1.43 bits per heavy atom. The molecule has 0 aliphatic rings. The van der Waals surface area contributed by atoms with Crippen molar-refractivity contribution in [2.24, 2.45) is 5.41 Å². The molecule has 0 saturated heterocycles. The molecule has 0 aromatic heterocycles. The van der Waals surface area contributed by atoms with Gasteiger partial charge in [0.25, 0.3) is 0 Å². The van der Waals surface area contributed by atoms with Crippen LogP contribution in [0.3, 0.4) is 0 Å². The minimum absolute atomic E-state index is 0.0386. The van der Waals surface area contributed by atoms with Crippen molar-refractivity contribution in [2.75, 3.05) is 0 Å². The molecule has 0 amide bonds. The second kappa shape index (κ2) is 5.83. The topological polar surface area (TPSA) is 0 Å². The minimum atomic E-state index is 0.0386. The maximum Gasteiger partial charge on any atom is 0.0753 e. The summed E-state index contributed by atoms with van der Waals surface area (Å²) >= 11 is 0. The summed E-state index contributed by atoms with van der Waals surface area (Å²) < 4.78 is 0. The summed E-state index contributed by atoms with van der Waals surface area (Å²) in [6, 6.07) is 0. The van der Waals surface area contributed by atoms with E-state index in [1.54, 1.807) is 0 Å². The average Bonchev–Trinajstić information content (AvgIpc) is 2.24. The van der Waals surface area contributed by atoms with Gasteiger partial charge in [0, 0.05) is 0 Å². The quantitative estimate of drug-likeness (QED) is 0.513. The smallest absolute Gasteiger partial charge is 0.0655 e. The zero-order chi connectivity index (χ0) is 11.2. The van der Waals surface area contributed by atoms with E-state index in [0.29, 0.717) is 5.41 Å². The molecule has 0 heterocycles. The molecule has 0 aliphatic carbocycles. The van der Waals surface area contributed by atoms with Gasteiger partial charge in [-0.15, -0.1) is 0 Å². The Labute approximate surface area is 92.3 Å². The van der Waals surface area contributed by atoms with Gasteiger partial charge >= 0.3 is 0 Å². The maximum absolute atomic E-state index is 6.53. The first-order valence-corrected chi connectivity index (χ1v) is 6.28. The van der Waals surface area contributed by atoms with Crippen LogP contribution in [0.2, 0.25) is 5.31 Å². The Hall–Kier alpha value is 0.0649. The van der Waals surface area contributed by atoms with Gasteiger partial charge in [-0.1, -0.05) is 72.0 Å². The molecule has 0 aromatic rings. The third kappa shape index (κ3) is 2.78. The molecule has 82 valence electrons. The molecule has 0 fully saturated rings. The van der Waals surface area contributed by atoms with Crippen molar-refractivity contribution in [2.45, 2.75) is 78.5 Å². The summed E-state index contributed by atoms with van der Waals surface area (Å²) in [5.74, 6) is 0. The first-order valence-electron chi connectivity index (χ1n) is 6.28. The molecule has 2 radical (unpaired) electrons. The Morgan fingerprint density at radius 1 is 0.929 bits per heavy atom. The minimum Gasteiger partial charge on any atom is -0.0655 e. The summed E-state index contributed by atoms with van der Waals surface area (Å²) in [6.45, 7) is 11.4. The van der Waals surface area contributed by atoms with Crippen LogP contribution in [0.1, 0.15) is 73.1 Å². The monoisotopic (exact) mass is 194 g/mol. The summed E-state index contributed by atoms with van der Waals surface area (Å²) in [6.07, 6.45) is 7.25. The zero-order valence-corrected chi connectivity index (χ0v) is 10.8. The normalized spacial score (nSPS) is 16.6. The van der Waals surface area contributed by atoms with Crippen LogP contribution in [-0.4, -0.2) is 7.85 Å². The van der Waals surface area contributed by atoms with E-state index in [4.69, 9.17) is 7.85 Å². The molecule has 0 rings (SSSR count). The highest BCUT2D eigenvalue weighted by molar-refractivity contribution is 6.15. The molecule has 0 bridgehead atoms. The van der Waals surface area contributed by atoms with Crippen molar-refractivity contribution in [3.8, 4) is 0 Å². The summed E-state index contributed by atoms with van der Waals surface area (Å²) in [7, 11) is 6.53. The fourth-order valence-electron chi connectivity index (χ4n) is 2.45. The van der Waals surface area contributed by atoms with E-state index >= 15 is 0 Å². The van der Waals surface area contributed by atoms with Crippen LogP contribution in [0.25, 0.3) is 0 Å². The van der Waals surface area contributed by atoms with Crippen molar-refractivity contribution in [3.05, 3.63) is 0 Å². The van der Waals surface area contributed by atoms with Gasteiger partial charge in [-0.3, -0.25) is 0 Å². The SMILES string of the molecule is [B]C(CC)(CC)C(C)(CC)CCCC. The molecule has 1 atom stereocenters. The lowest BCUT2D eigenvalue weighted by Crippen LogP contribution is -2.33. The van der Waals surface area contributed by atoms with Crippen molar-refractivity contribution in [1.82, 2.24) is 0 Å². The van der Waals surface area contributed by atoms with Gasteiger partial charge < -0.3 is 0 Å². The average molecular weight is 194 g/mol. The first-order chi connectivity index (χ1) is 6.49. The predicted octanol–water partition coefficient (Wildman–Crippen LogP) is 4.74. The van der Waals surface area contributed by atoms with Crippen molar-refractivity contribution in [1.29, 1.82) is 0 Å². The summed E-state index contributed by atoms with van der Waals surface area (Å²) in [5, 5.41) is 0.0386. The molecule has 0 N–H and O–H groups in total. The largest absolute Gasteiger partial charge is 0.0753 e. The van der Waals surface area contributed by atoms with E-state index in [9.17, 15) is 0 Å². The third-order valence-corrected chi connectivity index (χ3v) is 4.33. The maximum atomic E-state index is 6.53. The van der Waals surface area contributed by atoms with E-state index in [-0.39, 0.29) is 5.31 Å². The molecule has 0 spiro atoms. The Kier molecular flexibility index (Phi) is 5.85. The molecule has 1 unspecified atom stereocenters. The van der Waals surface area contributed by atoms with Crippen molar-refractivity contribution < 1.29 is 0 Å². The zero-order valence-electron chi connectivity index (χ0n) is 10.8. The Bertz CT molecular complexity index is 149. The van der Waals surface area contributed by atoms with Gasteiger partial charge in [-0.25, -0.2) is 0 Å². The molecule has 0 aromatic carbocycles. The van der Waals surface area contributed by atoms with Crippen molar-refractivity contribution >= 4 is 7.85 Å². The third-order valence-electron chi connectivity index (χ3n) is 4.33. The van der Waals surface area contributed by atoms with E-state index < -0.39 is 0 Å². The summed E-state index contributed by atoms with van der Waals surface area (Å²) in [4.78, 5) is 0. The van der Waals surface area contributed by atoms with Gasteiger partial charge in [0.15, 0.2) is 0 Å². The van der Waals surface area contributed by atoms with E-state index in [2.05, 4.69) is 34.6 Å². The molecule has 0 aliphatic heterocycles. The molecule has 14 heavy (non-hydrogen) atoms. The molecular formula is C13H27B. The Balaban J connectivity index is 4.62. The van der Waals surface area contributed by atoms with Crippen LogP contribution in [-0.2, 0) is 0 Å². The second-order valence-corrected chi connectivity index (χ2v) is 4.88. The Morgan fingerprint density at radius 3 is 1.71 bits per heavy atom. The summed E-state index contributed by atoms with van der Waals surface area (Å²) in [5.41, 5.74) is 0.326. The van der Waals surface area contributed by atoms with Crippen molar-refractivity contribution in [3.63, 3.8) is 0 Å². The molecular weight excluding hydrogens is 167 g/mol. The molecule has 0 nitrogen and oxygen atoms in total. The van der Waals surface area contributed by atoms with Crippen LogP contribution in [0.5, 0.6) is 0 Å². The number of rotatable bonds is 7. The lowest BCUT2D eigenvalue weighted by molar-refractivity contribution is 0.163. The molecule has 1 heteroatoms. The van der Waals surface area contributed by atoms with Crippen LogP contribution in [0.4, 0.5) is 0 Å². The van der Waals surface area contributed by atoms with Crippen LogP contribution >= 0.6 is 0 Å². The van der Waals surface area contributed by atoms with E-state index in [1.165, 1.54) is 25.7 Å². The van der Waals surface area contributed by atoms with E-state index in [0.717, 1.165) is 12.8 Å². The van der Waals surface area contributed by atoms with Crippen LogP contribution < -0.4 is 0 Å². The highest BCUT2D eigenvalue weighted by Crippen LogP contribution is 2.53. The lowest BCUT2D eigenvalue weighted by atomic mass is 9.48. The second-order valence-electron chi connectivity index (χ2n) is 4.88. The predicted molar refractivity (Wildman–Crippen MR) is 67.0 cm³/mol. The van der Waals surface area contributed by atoms with Crippen LogP contribution in [0, 0.1) is 5.41 Å². The number of hydrogen-bond donors (Lipinski definition) is 0. The lowest BCUT2D eigenvalue weighted by Gasteiger charge is -2.47. The van der Waals surface area contributed by atoms with Gasteiger partial charge in [0.2, 0.25) is 0 Å². The fraction of sp³-hybridized carbons (Fsp3) is 1.00. The highest BCUT2D eigenvalue weighted by Gasteiger charge is 2.38. The van der Waals surface area contributed by atoms with E-state index in [1.807, 2.05) is 0 Å². The van der Waals surface area contributed by atoms with Gasteiger partial charge in [0.05, 0.1) is 7.85 Å².